The Hall–Kier alpha value is -1.54. The van der Waals surface area contributed by atoms with Crippen molar-refractivity contribution in [2.24, 2.45) is 0 Å². The van der Waals surface area contributed by atoms with Crippen molar-refractivity contribution < 1.29 is 14.6 Å². The summed E-state index contributed by atoms with van der Waals surface area (Å²) in [5.74, 6) is -0.304. The van der Waals surface area contributed by atoms with Crippen LogP contribution in [-0.4, -0.2) is 46.0 Å². The highest BCUT2D eigenvalue weighted by molar-refractivity contribution is 7.99. The van der Waals surface area contributed by atoms with E-state index in [0.717, 1.165) is 31.2 Å². The molecule has 0 spiro atoms. The minimum absolute atomic E-state index is 0.102. The summed E-state index contributed by atoms with van der Waals surface area (Å²) in [5, 5.41) is 12.6. The summed E-state index contributed by atoms with van der Waals surface area (Å²) in [7, 11) is 0. The molecule has 1 saturated heterocycles. The predicted molar refractivity (Wildman–Crippen MR) is 78.6 cm³/mol. The van der Waals surface area contributed by atoms with E-state index in [9.17, 15) is 14.7 Å². The van der Waals surface area contributed by atoms with Gasteiger partial charge in [-0.3, -0.25) is 9.59 Å². The zero-order valence-corrected chi connectivity index (χ0v) is 12.7. The molecular weight excluding hydrogens is 294 g/mol. The van der Waals surface area contributed by atoms with Crippen molar-refractivity contribution in [2.75, 3.05) is 18.9 Å². The van der Waals surface area contributed by atoms with Crippen LogP contribution in [0.15, 0.2) is 9.95 Å². The van der Waals surface area contributed by atoms with E-state index >= 15 is 0 Å². The molecule has 7 nitrogen and oxygen atoms in total. The number of carbonyl (C=O) groups is 1. The molecule has 0 saturated carbocycles. The molecule has 1 aromatic rings. The molecule has 1 aromatic heterocycles. The molecule has 0 radical (unpaired) electrons. The lowest BCUT2D eigenvalue weighted by Crippen LogP contribution is -2.33. The van der Waals surface area contributed by atoms with Crippen molar-refractivity contribution >= 4 is 17.7 Å². The van der Waals surface area contributed by atoms with Crippen molar-refractivity contribution in [3.05, 3.63) is 15.9 Å². The highest BCUT2D eigenvalue weighted by atomic mass is 32.2. The molecule has 3 N–H and O–H groups in total. The summed E-state index contributed by atoms with van der Waals surface area (Å²) in [6.07, 6.45) is 2.50. The number of carbonyl (C=O) groups excluding carboxylic acids is 1. The molecule has 21 heavy (non-hydrogen) atoms. The van der Waals surface area contributed by atoms with Crippen LogP contribution in [0.2, 0.25) is 0 Å². The fraction of sp³-hybridized carbons (Fsp3) is 0.615. The largest absolute Gasteiger partial charge is 0.493 e. The standard InChI is InChI=1S/C13H19N3O4S/c1-2-9-11(18)15-13(16-12(9)19)21-7-10(17)14-6-8-4-3-5-20-8/h8H,2-7H2,1H3,(H,14,17)(H2,15,16,18,19). The van der Waals surface area contributed by atoms with E-state index in [1.54, 1.807) is 6.92 Å². The van der Waals surface area contributed by atoms with E-state index in [2.05, 4.69) is 15.3 Å². The Kier molecular flexibility index (Phi) is 5.63. The van der Waals surface area contributed by atoms with E-state index in [-0.39, 0.29) is 39.9 Å². The molecule has 1 atom stereocenters. The van der Waals surface area contributed by atoms with Crippen LogP contribution in [0, 0.1) is 0 Å². The molecule has 2 heterocycles. The van der Waals surface area contributed by atoms with Gasteiger partial charge < -0.3 is 20.1 Å². The fourth-order valence-electron chi connectivity index (χ4n) is 2.07. The molecule has 8 heteroatoms. The first-order valence-electron chi connectivity index (χ1n) is 6.93. The van der Waals surface area contributed by atoms with Crippen molar-refractivity contribution in [3.8, 4) is 5.88 Å². The third-order valence-electron chi connectivity index (χ3n) is 3.22. The van der Waals surface area contributed by atoms with Gasteiger partial charge in [-0.2, -0.15) is 4.98 Å². The van der Waals surface area contributed by atoms with Crippen molar-refractivity contribution in [1.82, 2.24) is 15.3 Å². The minimum atomic E-state index is -0.368. The number of hydrogen-bond acceptors (Lipinski definition) is 6. The van der Waals surface area contributed by atoms with Crippen LogP contribution in [0.3, 0.4) is 0 Å². The van der Waals surface area contributed by atoms with Gasteiger partial charge in [0.15, 0.2) is 5.16 Å². The first-order chi connectivity index (χ1) is 10.1. The number of thioether (sulfide) groups is 1. The maximum atomic E-state index is 11.7. The summed E-state index contributed by atoms with van der Waals surface area (Å²) in [5.41, 5.74) is -0.116. The van der Waals surface area contributed by atoms with Gasteiger partial charge in [-0.15, -0.1) is 0 Å². The Morgan fingerprint density at radius 2 is 2.43 bits per heavy atom. The Morgan fingerprint density at radius 3 is 3.05 bits per heavy atom. The van der Waals surface area contributed by atoms with E-state index < -0.39 is 0 Å². The first kappa shape index (κ1) is 15.8. The van der Waals surface area contributed by atoms with Gasteiger partial charge in [0.05, 0.1) is 17.4 Å². The van der Waals surface area contributed by atoms with Crippen molar-refractivity contribution in [1.29, 1.82) is 0 Å². The highest BCUT2D eigenvalue weighted by Gasteiger charge is 2.16. The summed E-state index contributed by atoms with van der Waals surface area (Å²) in [4.78, 5) is 29.8. The summed E-state index contributed by atoms with van der Waals surface area (Å²) in [6, 6.07) is 0. The minimum Gasteiger partial charge on any atom is -0.493 e. The van der Waals surface area contributed by atoms with Gasteiger partial charge >= 0.3 is 0 Å². The third-order valence-corrected chi connectivity index (χ3v) is 4.09. The van der Waals surface area contributed by atoms with Crippen LogP contribution >= 0.6 is 11.8 Å². The van der Waals surface area contributed by atoms with E-state index in [1.807, 2.05) is 0 Å². The molecule has 0 bridgehead atoms. The number of nitrogens with zero attached hydrogens (tertiary/aromatic N) is 1. The second-order valence-electron chi connectivity index (χ2n) is 4.75. The van der Waals surface area contributed by atoms with Gasteiger partial charge in [0.2, 0.25) is 11.8 Å². The lowest BCUT2D eigenvalue weighted by molar-refractivity contribution is -0.119. The van der Waals surface area contributed by atoms with Gasteiger partial charge in [0.1, 0.15) is 0 Å². The van der Waals surface area contributed by atoms with Crippen LogP contribution < -0.4 is 10.9 Å². The summed E-state index contributed by atoms with van der Waals surface area (Å²) < 4.78 is 5.41. The predicted octanol–water partition coefficient (Wildman–Crippen LogP) is 0.425. The quantitative estimate of drug-likeness (QED) is 0.519. The number of rotatable bonds is 6. The molecule has 0 aromatic carbocycles. The number of aromatic hydroxyl groups is 1. The van der Waals surface area contributed by atoms with Crippen LogP contribution in [0.25, 0.3) is 0 Å². The molecule has 2 rings (SSSR count). The molecule has 1 fully saturated rings. The smallest absolute Gasteiger partial charge is 0.258 e. The van der Waals surface area contributed by atoms with Gasteiger partial charge in [0, 0.05) is 13.2 Å². The molecule has 1 aliphatic rings. The first-order valence-corrected chi connectivity index (χ1v) is 7.92. The maximum absolute atomic E-state index is 11.7. The van der Waals surface area contributed by atoms with Gasteiger partial charge in [-0.1, -0.05) is 18.7 Å². The van der Waals surface area contributed by atoms with Crippen molar-refractivity contribution in [2.45, 2.75) is 37.4 Å². The van der Waals surface area contributed by atoms with Gasteiger partial charge in [-0.05, 0) is 19.3 Å². The SMILES string of the molecule is CCc1c(O)nc(SCC(=O)NCC2CCCO2)[nH]c1=O. The number of H-pyrrole nitrogens is 1. The Labute approximate surface area is 126 Å². The zero-order chi connectivity index (χ0) is 15.2. The number of amides is 1. The summed E-state index contributed by atoms with van der Waals surface area (Å²) >= 11 is 1.08. The van der Waals surface area contributed by atoms with Crippen LogP contribution in [0.1, 0.15) is 25.3 Å². The number of aromatic nitrogens is 2. The lowest BCUT2D eigenvalue weighted by atomic mass is 10.2. The topological polar surface area (TPSA) is 104 Å². The van der Waals surface area contributed by atoms with E-state index in [0.29, 0.717) is 13.0 Å². The van der Waals surface area contributed by atoms with Crippen LogP contribution in [0.4, 0.5) is 0 Å². The Morgan fingerprint density at radius 1 is 1.62 bits per heavy atom. The molecule has 1 amide bonds. The average molecular weight is 313 g/mol. The molecule has 0 aliphatic carbocycles. The monoisotopic (exact) mass is 313 g/mol. The lowest BCUT2D eigenvalue weighted by Gasteiger charge is -2.10. The zero-order valence-electron chi connectivity index (χ0n) is 11.8. The third kappa shape index (κ3) is 4.47. The maximum Gasteiger partial charge on any atom is 0.258 e. The number of ether oxygens (including phenoxy) is 1. The van der Waals surface area contributed by atoms with Crippen LogP contribution in [0.5, 0.6) is 5.88 Å². The molecule has 1 aliphatic heterocycles. The summed E-state index contributed by atoms with van der Waals surface area (Å²) in [6.45, 7) is 3.02. The highest BCUT2D eigenvalue weighted by Crippen LogP contribution is 2.16. The molecule has 116 valence electrons. The molecule has 1 unspecified atom stereocenters. The van der Waals surface area contributed by atoms with Crippen LogP contribution in [-0.2, 0) is 16.0 Å². The second kappa shape index (κ2) is 7.46. The Balaban J connectivity index is 1.82. The van der Waals surface area contributed by atoms with Crippen molar-refractivity contribution in [3.63, 3.8) is 0 Å². The Bertz CT molecular complexity index is 555. The van der Waals surface area contributed by atoms with E-state index in [1.165, 1.54) is 0 Å². The average Bonchev–Trinajstić information content (AvgIpc) is 2.96. The second-order valence-corrected chi connectivity index (χ2v) is 5.72. The normalized spacial score (nSPS) is 17.9. The number of aromatic amines is 1. The van der Waals surface area contributed by atoms with Gasteiger partial charge in [0.25, 0.3) is 5.56 Å². The fourth-order valence-corrected chi connectivity index (χ4v) is 2.76. The van der Waals surface area contributed by atoms with Gasteiger partial charge in [-0.25, -0.2) is 0 Å². The number of hydrogen-bond donors (Lipinski definition) is 3. The molecular formula is C13H19N3O4S. The number of nitrogens with one attached hydrogen (secondary N) is 2. The van der Waals surface area contributed by atoms with E-state index in [4.69, 9.17) is 4.74 Å².